The van der Waals surface area contributed by atoms with Gasteiger partial charge in [-0.15, -0.1) is 0 Å². The van der Waals surface area contributed by atoms with Gasteiger partial charge in [0.05, 0.1) is 12.6 Å². The van der Waals surface area contributed by atoms with Gasteiger partial charge in [-0.2, -0.15) is 0 Å². The summed E-state index contributed by atoms with van der Waals surface area (Å²) in [5, 5.41) is 8.70. The van der Waals surface area contributed by atoms with Gasteiger partial charge in [0.1, 0.15) is 19.6 Å². The first kappa shape index (κ1) is 8.31. The van der Waals surface area contributed by atoms with E-state index in [1.807, 2.05) is 0 Å². The van der Waals surface area contributed by atoms with E-state index in [0.717, 1.165) is 12.6 Å². The van der Waals surface area contributed by atoms with Crippen LogP contribution in [0.25, 0.3) is 0 Å². The maximum Gasteiger partial charge on any atom is 0.129 e. The first-order valence-electron chi connectivity index (χ1n) is 3.84. The Morgan fingerprint density at radius 3 is 2.20 bits per heavy atom. The lowest BCUT2D eigenvalue weighted by Crippen LogP contribution is -3.00. The maximum atomic E-state index is 8.70. The molecule has 2 nitrogen and oxygen atoms in total. The van der Waals surface area contributed by atoms with Crippen molar-refractivity contribution in [3.63, 3.8) is 0 Å². The van der Waals surface area contributed by atoms with E-state index in [0.29, 0.717) is 6.61 Å². The van der Waals surface area contributed by atoms with E-state index in [1.165, 1.54) is 30.4 Å². The van der Waals surface area contributed by atoms with Crippen LogP contribution in [0.2, 0.25) is 0 Å². The summed E-state index contributed by atoms with van der Waals surface area (Å²) in [6.07, 6.45) is 2.83. The van der Waals surface area contributed by atoms with Gasteiger partial charge < -0.3 is 22.0 Å². The number of hydrogen-bond acceptors (Lipinski definition) is 1. The van der Waals surface area contributed by atoms with Crippen molar-refractivity contribution >= 4 is 0 Å². The molecular weight excluding hydrogens is 150 g/mol. The van der Waals surface area contributed by atoms with Crippen LogP contribution in [0.5, 0.6) is 0 Å². The van der Waals surface area contributed by atoms with Gasteiger partial charge in [-0.25, -0.2) is 0 Å². The van der Waals surface area contributed by atoms with Gasteiger partial charge in [0.2, 0.25) is 0 Å². The zero-order valence-corrected chi connectivity index (χ0v) is 6.85. The van der Waals surface area contributed by atoms with E-state index in [2.05, 4.69) is 0 Å². The quantitative estimate of drug-likeness (QED) is 0.347. The first-order valence-corrected chi connectivity index (χ1v) is 3.84. The Kier molecular flexibility index (Phi) is 2.23. The van der Waals surface area contributed by atoms with E-state index in [1.54, 1.807) is 0 Å². The van der Waals surface area contributed by atoms with Crippen molar-refractivity contribution in [2.45, 2.75) is 18.9 Å². The van der Waals surface area contributed by atoms with Crippen molar-refractivity contribution in [2.75, 3.05) is 26.2 Å². The van der Waals surface area contributed by atoms with Gasteiger partial charge in [0.25, 0.3) is 0 Å². The number of aliphatic hydroxyl groups is 1. The summed E-state index contributed by atoms with van der Waals surface area (Å²) in [7, 11) is 0. The molecule has 2 rings (SSSR count). The van der Waals surface area contributed by atoms with Gasteiger partial charge in [-0.1, -0.05) is 0 Å². The molecule has 3 heteroatoms. The smallest absolute Gasteiger partial charge is 0.129 e. The van der Waals surface area contributed by atoms with Crippen molar-refractivity contribution in [3.05, 3.63) is 0 Å². The standard InChI is InChI=1S/C7H14NO.ClH/c9-6-5-8(3-4-8)7-1-2-7;/h7,9H,1-6H2;1H/q+1;/p-1. The first-order chi connectivity index (χ1) is 4.37. The predicted molar refractivity (Wildman–Crippen MR) is 35.0 cm³/mol. The molecule has 60 valence electrons. The van der Waals surface area contributed by atoms with E-state index >= 15 is 0 Å². The van der Waals surface area contributed by atoms with E-state index in [9.17, 15) is 0 Å². The average molecular weight is 164 g/mol. The molecule has 0 atom stereocenters. The molecule has 1 heterocycles. The van der Waals surface area contributed by atoms with Crippen molar-refractivity contribution in [1.82, 2.24) is 0 Å². The fourth-order valence-electron chi connectivity index (χ4n) is 1.72. The molecule has 0 spiro atoms. The minimum atomic E-state index is 0. The Balaban J connectivity index is 0.000000500. The Bertz CT molecular complexity index is 121. The second-order valence-corrected chi connectivity index (χ2v) is 3.34. The lowest BCUT2D eigenvalue weighted by atomic mass is 10.5. The second kappa shape index (κ2) is 2.68. The molecule has 1 N–H and O–H groups in total. The Morgan fingerprint density at radius 2 is 1.90 bits per heavy atom. The molecular formula is C7H14ClNO. The van der Waals surface area contributed by atoms with Gasteiger partial charge in [-0.3, -0.25) is 0 Å². The highest BCUT2D eigenvalue weighted by Gasteiger charge is 2.53. The fraction of sp³-hybridized carbons (Fsp3) is 1.00. The summed E-state index contributed by atoms with van der Waals surface area (Å²) in [5.74, 6) is 0. The highest BCUT2D eigenvalue weighted by Crippen LogP contribution is 2.39. The van der Waals surface area contributed by atoms with E-state index < -0.39 is 0 Å². The molecule has 0 radical (unpaired) electrons. The third-order valence-electron chi connectivity index (χ3n) is 2.66. The van der Waals surface area contributed by atoms with E-state index in [-0.39, 0.29) is 12.4 Å². The minimum absolute atomic E-state index is 0. The summed E-state index contributed by atoms with van der Waals surface area (Å²) < 4.78 is 1.26. The van der Waals surface area contributed by atoms with Gasteiger partial charge in [0.15, 0.2) is 0 Å². The largest absolute Gasteiger partial charge is 1.00 e. The summed E-state index contributed by atoms with van der Waals surface area (Å²) >= 11 is 0. The number of hydrogen-bond donors (Lipinski definition) is 1. The summed E-state index contributed by atoms with van der Waals surface area (Å²) in [6, 6.07) is 0.956. The Labute approximate surface area is 67.8 Å². The van der Waals surface area contributed by atoms with Crippen LogP contribution in [-0.4, -0.2) is 41.9 Å². The van der Waals surface area contributed by atoms with Gasteiger partial charge >= 0.3 is 0 Å². The molecule has 0 aromatic carbocycles. The number of quaternary nitrogens is 1. The molecule has 0 amide bonds. The molecule has 1 aliphatic heterocycles. The summed E-state index contributed by atoms with van der Waals surface area (Å²) in [5.41, 5.74) is 0. The summed E-state index contributed by atoms with van der Waals surface area (Å²) in [6.45, 7) is 4.08. The summed E-state index contributed by atoms with van der Waals surface area (Å²) in [4.78, 5) is 0. The molecule has 1 saturated carbocycles. The second-order valence-electron chi connectivity index (χ2n) is 3.34. The van der Waals surface area contributed by atoms with Crippen LogP contribution in [0, 0.1) is 0 Å². The lowest BCUT2D eigenvalue weighted by Gasteiger charge is -2.15. The van der Waals surface area contributed by atoms with Crippen molar-refractivity contribution in [3.8, 4) is 0 Å². The van der Waals surface area contributed by atoms with Crippen molar-refractivity contribution in [1.29, 1.82) is 0 Å². The third-order valence-corrected chi connectivity index (χ3v) is 2.66. The zero-order valence-electron chi connectivity index (χ0n) is 6.09. The maximum absolute atomic E-state index is 8.70. The topological polar surface area (TPSA) is 20.2 Å². The van der Waals surface area contributed by atoms with Crippen LogP contribution in [0.1, 0.15) is 12.8 Å². The monoisotopic (exact) mass is 163 g/mol. The highest BCUT2D eigenvalue weighted by atomic mass is 35.5. The molecule has 2 fully saturated rings. The molecule has 0 bridgehead atoms. The molecule has 10 heavy (non-hydrogen) atoms. The van der Waals surface area contributed by atoms with Crippen LogP contribution in [-0.2, 0) is 0 Å². The molecule has 2 aliphatic rings. The number of halogens is 1. The van der Waals surface area contributed by atoms with Crippen LogP contribution in [0.15, 0.2) is 0 Å². The number of aliphatic hydroxyl groups excluding tert-OH is 1. The third kappa shape index (κ3) is 1.29. The normalized spacial score (nSPS) is 27.3. The molecule has 1 saturated heterocycles. The highest BCUT2D eigenvalue weighted by molar-refractivity contribution is 4.80. The SMILES string of the molecule is OCC[N+]1(C2CC2)CC1.[Cl-]. The van der Waals surface area contributed by atoms with Crippen molar-refractivity contribution in [2.24, 2.45) is 0 Å². The molecule has 0 aromatic heterocycles. The van der Waals surface area contributed by atoms with Crippen LogP contribution >= 0.6 is 0 Å². The number of rotatable bonds is 3. The Morgan fingerprint density at radius 1 is 1.30 bits per heavy atom. The van der Waals surface area contributed by atoms with Gasteiger partial charge in [0, 0.05) is 12.8 Å². The molecule has 1 aliphatic carbocycles. The molecule has 0 unspecified atom stereocenters. The van der Waals surface area contributed by atoms with Crippen molar-refractivity contribution < 1.29 is 22.0 Å². The lowest BCUT2D eigenvalue weighted by molar-refractivity contribution is -0.812. The predicted octanol–water partition coefficient (Wildman–Crippen LogP) is -3.02. The van der Waals surface area contributed by atoms with Gasteiger partial charge in [-0.05, 0) is 0 Å². The average Bonchev–Trinajstić information content (AvgIpc) is 2.61. The number of nitrogens with zero attached hydrogens (tertiary/aromatic N) is 1. The van der Waals surface area contributed by atoms with Crippen LogP contribution in [0.3, 0.4) is 0 Å². The van der Waals surface area contributed by atoms with Crippen LogP contribution < -0.4 is 12.4 Å². The zero-order chi connectivity index (χ0) is 6.32. The Hall–Kier alpha value is 0.210. The minimum Gasteiger partial charge on any atom is -1.00 e. The van der Waals surface area contributed by atoms with Crippen LogP contribution in [0.4, 0.5) is 0 Å². The fourth-order valence-corrected chi connectivity index (χ4v) is 1.72. The van der Waals surface area contributed by atoms with E-state index in [4.69, 9.17) is 5.11 Å². The molecule has 0 aromatic rings.